The van der Waals surface area contributed by atoms with Crippen molar-refractivity contribution in [1.82, 2.24) is 0 Å². The maximum atomic E-state index is 12.9. The molecular formula is C23H20FNO2. The zero-order valence-electron chi connectivity index (χ0n) is 14.8. The molecule has 3 aromatic rings. The van der Waals surface area contributed by atoms with Crippen LogP contribution in [-0.2, 0) is 11.2 Å². The molecule has 3 aromatic carbocycles. The fraction of sp³-hybridized carbons (Fsp3) is 0.0870. The molecule has 0 aromatic heterocycles. The standard InChI is InChI=1S/C23H20FNO2/c24-20-9-6-19(7-10-20)8-15-23(26)25-21-11-13-22(14-12-21)27-17-16-18-4-2-1-3-5-18/h1-15H,16-17H2,(H,25,26)/b15-8+. The van der Waals surface area contributed by atoms with Gasteiger partial charge in [-0.05, 0) is 53.6 Å². The lowest BCUT2D eigenvalue weighted by Crippen LogP contribution is -2.07. The van der Waals surface area contributed by atoms with Crippen LogP contribution < -0.4 is 10.1 Å². The first-order chi connectivity index (χ1) is 13.2. The van der Waals surface area contributed by atoms with Gasteiger partial charge < -0.3 is 10.1 Å². The van der Waals surface area contributed by atoms with Gasteiger partial charge in [0.25, 0.3) is 0 Å². The van der Waals surface area contributed by atoms with Crippen LogP contribution in [-0.4, -0.2) is 12.5 Å². The van der Waals surface area contributed by atoms with Crippen molar-refractivity contribution in [2.24, 2.45) is 0 Å². The normalized spacial score (nSPS) is 10.7. The van der Waals surface area contributed by atoms with E-state index in [2.05, 4.69) is 17.4 Å². The van der Waals surface area contributed by atoms with E-state index < -0.39 is 0 Å². The third-order valence-corrected chi connectivity index (χ3v) is 3.92. The van der Waals surface area contributed by atoms with Gasteiger partial charge in [0.2, 0.25) is 5.91 Å². The highest BCUT2D eigenvalue weighted by atomic mass is 19.1. The molecule has 0 heterocycles. The molecule has 0 aliphatic carbocycles. The van der Waals surface area contributed by atoms with Gasteiger partial charge in [-0.2, -0.15) is 0 Å². The summed E-state index contributed by atoms with van der Waals surface area (Å²) in [7, 11) is 0. The lowest BCUT2D eigenvalue weighted by molar-refractivity contribution is -0.111. The zero-order valence-corrected chi connectivity index (χ0v) is 14.8. The Labute approximate surface area is 158 Å². The van der Waals surface area contributed by atoms with E-state index in [0.717, 1.165) is 17.7 Å². The minimum Gasteiger partial charge on any atom is -0.493 e. The van der Waals surface area contributed by atoms with E-state index in [1.165, 1.54) is 23.8 Å². The average Bonchev–Trinajstić information content (AvgIpc) is 2.70. The van der Waals surface area contributed by atoms with Crippen LogP contribution in [0.5, 0.6) is 5.75 Å². The molecule has 3 nitrogen and oxygen atoms in total. The first-order valence-electron chi connectivity index (χ1n) is 8.70. The van der Waals surface area contributed by atoms with Gasteiger partial charge in [-0.3, -0.25) is 4.79 Å². The molecule has 0 aliphatic heterocycles. The smallest absolute Gasteiger partial charge is 0.248 e. The number of hydrogen-bond acceptors (Lipinski definition) is 2. The largest absolute Gasteiger partial charge is 0.493 e. The predicted molar refractivity (Wildman–Crippen MR) is 106 cm³/mol. The van der Waals surface area contributed by atoms with Crippen molar-refractivity contribution in [3.8, 4) is 5.75 Å². The predicted octanol–water partition coefficient (Wildman–Crippen LogP) is 5.10. The van der Waals surface area contributed by atoms with Gasteiger partial charge >= 0.3 is 0 Å². The van der Waals surface area contributed by atoms with E-state index in [1.54, 1.807) is 30.3 Å². The molecule has 0 fully saturated rings. The fourth-order valence-corrected chi connectivity index (χ4v) is 2.50. The summed E-state index contributed by atoms with van der Waals surface area (Å²) in [6.07, 6.45) is 3.89. The third-order valence-electron chi connectivity index (χ3n) is 3.92. The number of rotatable bonds is 7. The van der Waals surface area contributed by atoms with Crippen molar-refractivity contribution in [2.75, 3.05) is 11.9 Å². The number of amides is 1. The maximum Gasteiger partial charge on any atom is 0.248 e. The summed E-state index contributed by atoms with van der Waals surface area (Å²) in [6.45, 7) is 0.593. The van der Waals surface area contributed by atoms with E-state index in [1.807, 2.05) is 30.3 Å². The summed E-state index contributed by atoms with van der Waals surface area (Å²) in [6, 6.07) is 23.3. The summed E-state index contributed by atoms with van der Waals surface area (Å²) in [5, 5.41) is 2.78. The van der Waals surface area contributed by atoms with Crippen molar-refractivity contribution in [1.29, 1.82) is 0 Å². The van der Waals surface area contributed by atoms with Gasteiger partial charge in [-0.1, -0.05) is 42.5 Å². The molecule has 0 saturated carbocycles. The number of ether oxygens (including phenoxy) is 1. The van der Waals surface area contributed by atoms with Gasteiger partial charge in [0.1, 0.15) is 11.6 Å². The van der Waals surface area contributed by atoms with Crippen LogP contribution in [0.2, 0.25) is 0 Å². The number of hydrogen-bond donors (Lipinski definition) is 1. The highest BCUT2D eigenvalue weighted by molar-refractivity contribution is 6.01. The summed E-state index contributed by atoms with van der Waals surface area (Å²) >= 11 is 0. The maximum absolute atomic E-state index is 12.9. The molecule has 0 aliphatic rings. The molecule has 0 saturated heterocycles. The van der Waals surface area contributed by atoms with E-state index in [0.29, 0.717) is 12.3 Å². The van der Waals surface area contributed by atoms with Crippen molar-refractivity contribution >= 4 is 17.7 Å². The molecule has 1 N–H and O–H groups in total. The highest BCUT2D eigenvalue weighted by Crippen LogP contribution is 2.16. The summed E-state index contributed by atoms with van der Waals surface area (Å²) < 4.78 is 18.6. The first kappa shape index (κ1) is 18.4. The number of anilines is 1. The minimum absolute atomic E-state index is 0.253. The second-order valence-corrected chi connectivity index (χ2v) is 5.98. The topological polar surface area (TPSA) is 38.3 Å². The lowest BCUT2D eigenvalue weighted by Gasteiger charge is -2.08. The summed E-state index contributed by atoms with van der Waals surface area (Å²) in [5.74, 6) is 0.200. The van der Waals surface area contributed by atoms with E-state index in [-0.39, 0.29) is 11.7 Å². The molecule has 0 spiro atoms. The Morgan fingerprint density at radius 2 is 1.63 bits per heavy atom. The van der Waals surface area contributed by atoms with Crippen LogP contribution in [0.4, 0.5) is 10.1 Å². The quantitative estimate of drug-likeness (QED) is 0.595. The Morgan fingerprint density at radius 1 is 0.926 bits per heavy atom. The van der Waals surface area contributed by atoms with Gasteiger partial charge in [0.05, 0.1) is 6.61 Å². The fourth-order valence-electron chi connectivity index (χ4n) is 2.50. The lowest BCUT2D eigenvalue weighted by atomic mass is 10.2. The SMILES string of the molecule is O=C(/C=C/c1ccc(F)cc1)Nc1ccc(OCCc2ccccc2)cc1. The Balaban J connectivity index is 1.46. The molecule has 1 amide bonds. The molecule has 136 valence electrons. The van der Waals surface area contributed by atoms with E-state index >= 15 is 0 Å². The van der Waals surface area contributed by atoms with Gasteiger partial charge in [0, 0.05) is 18.2 Å². The number of carbonyl (C=O) groups is 1. The van der Waals surface area contributed by atoms with Crippen LogP contribution in [0.15, 0.2) is 84.9 Å². The second kappa shape index (κ2) is 9.34. The van der Waals surface area contributed by atoms with Crippen molar-refractivity contribution in [3.05, 3.63) is 102 Å². The van der Waals surface area contributed by atoms with Crippen LogP contribution in [0.3, 0.4) is 0 Å². The van der Waals surface area contributed by atoms with Crippen molar-refractivity contribution < 1.29 is 13.9 Å². The second-order valence-electron chi connectivity index (χ2n) is 5.98. The Kier molecular flexibility index (Phi) is 6.36. The van der Waals surface area contributed by atoms with Gasteiger partial charge in [-0.15, -0.1) is 0 Å². The first-order valence-corrected chi connectivity index (χ1v) is 8.70. The minimum atomic E-state index is -0.303. The van der Waals surface area contributed by atoms with Crippen LogP contribution in [0.1, 0.15) is 11.1 Å². The number of carbonyl (C=O) groups excluding carboxylic acids is 1. The highest BCUT2D eigenvalue weighted by Gasteiger charge is 2.00. The molecule has 27 heavy (non-hydrogen) atoms. The number of halogens is 1. The Morgan fingerprint density at radius 3 is 2.33 bits per heavy atom. The Hall–Kier alpha value is -3.40. The van der Waals surface area contributed by atoms with E-state index in [4.69, 9.17) is 4.74 Å². The number of benzene rings is 3. The summed E-state index contributed by atoms with van der Waals surface area (Å²) in [5.41, 5.74) is 2.67. The molecule has 3 rings (SSSR count). The van der Waals surface area contributed by atoms with Gasteiger partial charge in [0.15, 0.2) is 0 Å². The molecule has 0 unspecified atom stereocenters. The molecule has 0 radical (unpaired) electrons. The average molecular weight is 361 g/mol. The van der Waals surface area contributed by atoms with E-state index in [9.17, 15) is 9.18 Å². The Bertz CT molecular complexity index is 888. The molecule has 0 bridgehead atoms. The summed E-state index contributed by atoms with van der Waals surface area (Å²) in [4.78, 5) is 12.0. The zero-order chi connectivity index (χ0) is 18.9. The van der Waals surface area contributed by atoms with Gasteiger partial charge in [-0.25, -0.2) is 4.39 Å². The monoisotopic (exact) mass is 361 g/mol. The third kappa shape index (κ3) is 6.12. The van der Waals surface area contributed by atoms with Crippen LogP contribution in [0, 0.1) is 5.82 Å². The van der Waals surface area contributed by atoms with Crippen molar-refractivity contribution in [2.45, 2.75) is 6.42 Å². The molecular weight excluding hydrogens is 341 g/mol. The molecule has 4 heteroatoms. The van der Waals surface area contributed by atoms with Crippen LogP contribution in [0.25, 0.3) is 6.08 Å². The van der Waals surface area contributed by atoms with Crippen molar-refractivity contribution in [3.63, 3.8) is 0 Å². The number of nitrogens with one attached hydrogen (secondary N) is 1. The molecule has 0 atom stereocenters. The van der Waals surface area contributed by atoms with Crippen LogP contribution >= 0.6 is 0 Å².